The number of benzene rings is 1. The van der Waals surface area contributed by atoms with Crippen LogP contribution in [0.1, 0.15) is 11.1 Å². The van der Waals surface area contributed by atoms with Crippen molar-refractivity contribution < 1.29 is 17.9 Å². The van der Waals surface area contributed by atoms with Crippen LogP contribution in [0, 0.1) is 6.92 Å². The van der Waals surface area contributed by atoms with Gasteiger partial charge < -0.3 is 15.4 Å². The van der Waals surface area contributed by atoms with E-state index in [1.54, 1.807) is 19.1 Å². The average molecular weight is 347 g/mol. The molecule has 1 aromatic carbocycles. The standard InChI is InChI=1S/C15H20F3N3OS/c1-11-2-3-12(13(8-11)22-10-15(16,17)18)9-20-14(19)21-4-6-23-7-5-21/h2-3,8H,4-7,9-10H2,1H3,(H2,19,20). The van der Waals surface area contributed by atoms with Gasteiger partial charge in [-0.25, -0.2) is 4.99 Å². The maximum atomic E-state index is 12.3. The van der Waals surface area contributed by atoms with Crippen molar-refractivity contribution in [2.45, 2.75) is 19.6 Å². The molecular weight excluding hydrogens is 327 g/mol. The molecule has 0 unspecified atom stereocenters. The van der Waals surface area contributed by atoms with Crippen LogP contribution in [0.25, 0.3) is 0 Å². The van der Waals surface area contributed by atoms with Gasteiger partial charge in [0.15, 0.2) is 12.6 Å². The van der Waals surface area contributed by atoms with Crippen LogP contribution in [0.4, 0.5) is 13.2 Å². The first-order valence-electron chi connectivity index (χ1n) is 7.27. The fraction of sp³-hybridized carbons (Fsp3) is 0.533. The Balaban J connectivity index is 2.06. The van der Waals surface area contributed by atoms with E-state index < -0.39 is 12.8 Å². The SMILES string of the molecule is Cc1ccc(CN=C(N)N2CCSCC2)c(OCC(F)(F)F)c1. The highest BCUT2D eigenvalue weighted by Gasteiger charge is 2.28. The molecule has 2 N–H and O–H groups in total. The molecule has 8 heteroatoms. The lowest BCUT2D eigenvalue weighted by Crippen LogP contribution is -2.42. The van der Waals surface area contributed by atoms with Gasteiger partial charge in [0.25, 0.3) is 0 Å². The van der Waals surface area contributed by atoms with Crippen LogP contribution in [-0.4, -0.2) is 48.2 Å². The molecule has 1 aliphatic rings. The number of nitrogens with zero attached hydrogens (tertiary/aromatic N) is 2. The van der Waals surface area contributed by atoms with Crippen LogP contribution in [0.15, 0.2) is 23.2 Å². The normalized spacial score (nSPS) is 16.5. The Labute approximate surface area is 137 Å². The molecule has 0 aromatic heterocycles. The third kappa shape index (κ3) is 5.85. The lowest BCUT2D eigenvalue weighted by Gasteiger charge is -2.27. The quantitative estimate of drug-likeness (QED) is 0.672. The summed E-state index contributed by atoms with van der Waals surface area (Å²) in [6, 6.07) is 5.13. The van der Waals surface area contributed by atoms with Crippen LogP contribution in [-0.2, 0) is 6.54 Å². The second-order valence-corrected chi connectivity index (χ2v) is 6.51. The number of guanidine groups is 1. The van der Waals surface area contributed by atoms with Gasteiger partial charge in [0.1, 0.15) is 5.75 Å². The number of alkyl halides is 3. The number of halogens is 3. The van der Waals surface area contributed by atoms with E-state index in [1.807, 2.05) is 22.7 Å². The highest BCUT2D eigenvalue weighted by atomic mass is 32.2. The molecule has 0 spiro atoms. The number of hydrogen-bond acceptors (Lipinski definition) is 3. The molecule has 4 nitrogen and oxygen atoms in total. The van der Waals surface area contributed by atoms with Gasteiger partial charge in [0, 0.05) is 30.2 Å². The minimum Gasteiger partial charge on any atom is -0.484 e. The van der Waals surface area contributed by atoms with Crippen LogP contribution in [0.5, 0.6) is 5.75 Å². The van der Waals surface area contributed by atoms with Crippen molar-refractivity contribution >= 4 is 17.7 Å². The molecule has 0 amide bonds. The van der Waals surface area contributed by atoms with Crippen molar-refractivity contribution in [3.05, 3.63) is 29.3 Å². The van der Waals surface area contributed by atoms with Crippen molar-refractivity contribution in [3.63, 3.8) is 0 Å². The molecule has 1 aliphatic heterocycles. The first-order valence-corrected chi connectivity index (χ1v) is 8.42. The highest BCUT2D eigenvalue weighted by molar-refractivity contribution is 7.99. The predicted molar refractivity (Wildman–Crippen MR) is 87.0 cm³/mol. The number of rotatable bonds is 4. The number of aliphatic imine (C=N–C) groups is 1. The third-order valence-corrected chi connectivity index (χ3v) is 4.30. The molecule has 1 aromatic rings. The molecule has 0 saturated carbocycles. The van der Waals surface area contributed by atoms with Gasteiger partial charge in [0.2, 0.25) is 0 Å². The van der Waals surface area contributed by atoms with E-state index in [-0.39, 0.29) is 12.3 Å². The van der Waals surface area contributed by atoms with E-state index >= 15 is 0 Å². The van der Waals surface area contributed by atoms with Gasteiger partial charge >= 0.3 is 6.18 Å². The fourth-order valence-corrected chi connectivity index (χ4v) is 3.05. The van der Waals surface area contributed by atoms with E-state index in [2.05, 4.69) is 4.99 Å². The topological polar surface area (TPSA) is 50.8 Å². The second kappa shape index (κ2) is 7.81. The maximum absolute atomic E-state index is 12.3. The van der Waals surface area contributed by atoms with E-state index in [1.165, 1.54) is 0 Å². The first-order chi connectivity index (χ1) is 10.8. The number of nitrogens with two attached hydrogens (primary N) is 1. The van der Waals surface area contributed by atoms with E-state index in [4.69, 9.17) is 10.5 Å². The summed E-state index contributed by atoms with van der Waals surface area (Å²) >= 11 is 1.86. The zero-order chi connectivity index (χ0) is 16.9. The zero-order valence-electron chi connectivity index (χ0n) is 12.9. The van der Waals surface area contributed by atoms with Crippen LogP contribution in [0.2, 0.25) is 0 Å². The Kier molecular flexibility index (Phi) is 6.04. The van der Waals surface area contributed by atoms with Gasteiger partial charge in [-0.3, -0.25) is 0 Å². The predicted octanol–water partition coefficient (Wildman–Crippen LogP) is 2.80. The lowest BCUT2D eigenvalue weighted by atomic mass is 10.1. The highest BCUT2D eigenvalue weighted by Crippen LogP contribution is 2.24. The summed E-state index contributed by atoms with van der Waals surface area (Å²) in [5.74, 6) is 2.63. The molecule has 128 valence electrons. The summed E-state index contributed by atoms with van der Waals surface area (Å²) in [6.45, 7) is 2.36. The Bertz CT molecular complexity index is 557. The number of thioether (sulfide) groups is 1. The molecule has 23 heavy (non-hydrogen) atoms. The number of aryl methyl sites for hydroxylation is 1. The number of hydrogen-bond donors (Lipinski definition) is 1. The Hall–Kier alpha value is -1.57. The second-order valence-electron chi connectivity index (χ2n) is 5.29. The summed E-state index contributed by atoms with van der Waals surface area (Å²) in [7, 11) is 0. The van der Waals surface area contributed by atoms with E-state index in [0.717, 1.165) is 30.2 Å². The molecule has 1 heterocycles. The summed E-state index contributed by atoms with van der Waals surface area (Å²) in [4.78, 5) is 6.29. The number of ether oxygens (including phenoxy) is 1. The fourth-order valence-electron chi connectivity index (χ4n) is 2.14. The van der Waals surface area contributed by atoms with E-state index in [0.29, 0.717) is 11.5 Å². The zero-order valence-corrected chi connectivity index (χ0v) is 13.7. The Morgan fingerprint density at radius 3 is 2.70 bits per heavy atom. The maximum Gasteiger partial charge on any atom is 0.422 e. The molecular formula is C15H20F3N3OS. The lowest BCUT2D eigenvalue weighted by molar-refractivity contribution is -0.153. The van der Waals surface area contributed by atoms with Crippen molar-refractivity contribution in [2.75, 3.05) is 31.2 Å². The van der Waals surface area contributed by atoms with E-state index in [9.17, 15) is 13.2 Å². The molecule has 1 saturated heterocycles. The van der Waals surface area contributed by atoms with Crippen LogP contribution < -0.4 is 10.5 Å². The third-order valence-electron chi connectivity index (χ3n) is 3.36. The molecule has 0 bridgehead atoms. The monoisotopic (exact) mass is 347 g/mol. The van der Waals surface area contributed by atoms with Crippen molar-refractivity contribution in [1.82, 2.24) is 4.90 Å². The van der Waals surface area contributed by atoms with Gasteiger partial charge in [0.05, 0.1) is 6.54 Å². The van der Waals surface area contributed by atoms with Gasteiger partial charge in [-0.1, -0.05) is 12.1 Å². The summed E-state index contributed by atoms with van der Waals surface area (Å²) in [5.41, 5.74) is 7.39. The molecule has 2 rings (SSSR count). The van der Waals surface area contributed by atoms with Crippen LogP contribution >= 0.6 is 11.8 Å². The smallest absolute Gasteiger partial charge is 0.422 e. The van der Waals surface area contributed by atoms with Crippen molar-refractivity contribution in [2.24, 2.45) is 10.7 Å². The van der Waals surface area contributed by atoms with Crippen molar-refractivity contribution in [3.8, 4) is 5.75 Å². The largest absolute Gasteiger partial charge is 0.484 e. The molecule has 1 fully saturated rings. The Morgan fingerprint density at radius 1 is 1.35 bits per heavy atom. The van der Waals surface area contributed by atoms with Crippen molar-refractivity contribution in [1.29, 1.82) is 0 Å². The molecule has 0 atom stereocenters. The molecule has 0 radical (unpaired) electrons. The minimum absolute atomic E-state index is 0.197. The summed E-state index contributed by atoms with van der Waals surface area (Å²) in [6.07, 6.45) is -4.37. The van der Waals surface area contributed by atoms with Gasteiger partial charge in [-0.05, 0) is 18.6 Å². The summed E-state index contributed by atoms with van der Waals surface area (Å²) < 4.78 is 42.0. The van der Waals surface area contributed by atoms with Gasteiger partial charge in [-0.2, -0.15) is 24.9 Å². The molecule has 0 aliphatic carbocycles. The Morgan fingerprint density at radius 2 is 2.04 bits per heavy atom. The van der Waals surface area contributed by atoms with Crippen LogP contribution in [0.3, 0.4) is 0 Å². The minimum atomic E-state index is -4.37. The van der Waals surface area contributed by atoms with Gasteiger partial charge in [-0.15, -0.1) is 0 Å². The average Bonchev–Trinajstić information content (AvgIpc) is 2.52. The summed E-state index contributed by atoms with van der Waals surface area (Å²) in [5, 5.41) is 0. The first kappa shape index (κ1) is 17.8.